The van der Waals surface area contributed by atoms with Crippen LogP contribution in [0.4, 0.5) is 32.0 Å². The lowest BCUT2D eigenvalue weighted by atomic mass is 10.1. The van der Waals surface area contributed by atoms with Crippen molar-refractivity contribution in [3.8, 4) is 0 Å². The third-order valence-corrected chi connectivity index (χ3v) is 2.50. The zero-order chi connectivity index (χ0) is 14.8. The van der Waals surface area contributed by atoms with Gasteiger partial charge in [0.1, 0.15) is 11.4 Å². The molecule has 1 rings (SSSR count). The van der Waals surface area contributed by atoms with Gasteiger partial charge in [-0.1, -0.05) is 0 Å². The highest BCUT2D eigenvalue weighted by Crippen LogP contribution is 2.36. The molecule has 0 heterocycles. The predicted molar refractivity (Wildman–Crippen MR) is 56.5 cm³/mol. The molecule has 2 N–H and O–H groups in total. The molecule has 0 saturated heterocycles. The van der Waals surface area contributed by atoms with E-state index in [-0.39, 0.29) is 18.5 Å². The number of hydrogen-bond donors (Lipinski definition) is 2. The molecule has 1 aromatic rings. The van der Waals surface area contributed by atoms with E-state index in [0.717, 1.165) is 0 Å². The van der Waals surface area contributed by atoms with Crippen LogP contribution in [0.5, 0.6) is 0 Å². The van der Waals surface area contributed by atoms with Crippen molar-refractivity contribution in [3.05, 3.63) is 29.1 Å². The monoisotopic (exact) mass is 307 g/mol. The molecule has 0 bridgehead atoms. The highest BCUT2D eigenvalue weighted by atomic mass is 35.5. The minimum atomic E-state index is -5.34. The lowest BCUT2D eigenvalue weighted by Gasteiger charge is -2.15. The molecule has 1 aromatic carbocycles. The van der Waals surface area contributed by atoms with Crippen molar-refractivity contribution in [1.29, 1.82) is 0 Å². The zero-order valence-corrected chi connectivity index (χ0v) is 9.92. The SMILES string of the molecule is OC(CCl)CNc1cc(F)c(C(F)(F)F)c(F)c1F. The Balaban J connectivity index is 3.12. The fraction of sp³-hybridized carbons (Fsp3) is 0.400. The fourth-order valence-electron chi connectivity index (χ4n) is 1.27. The van der Waals surface area contributed by atoms with E-state index < -0.39 is 41.0 Å². The molecule has 1 atom stereocenters. The number of hydrogen-bond acceptors (Lipinski definition) is 2. The van der Waals surface area contributed by atoms with E-state index in [4.69, 9.17) is 16.7 Å². The number of nitrogens with one attached hydrogen (secondary N) is 1. The molecule has 0 aliphatic rings. The Morgan fingerprint density at radius 1 is 1.21 bits per heavy atom. The van der Waals surface area contributed by atoms with Crippen molar-refractivity contribution in [2.45, 2.75) is 12.3 Å². The maximum atomic E-state index is 13.3. The maximum absolute atomic E-state index is 13.3. The second-order valence-electron chi connectivity index (χ2n) is 3.60. The molecule has 0 fully saturated rings. The van der Waals surface area contributed by atoms with Crippen LogP contribution in [0.1, 0.15) is 5.56 Å². The van der Waals surface area contributed by atoms with Crippen LogP contribution in [-0.2, 0) is 6.18 Å². The average molecular weight is 308 g/mol. The molecule has 0 spiro atoms. The molecule has 19 heavy (non-hydrogen) atoms. The van der Waals surface area contributed by atoms with Crippen molar-refractivity contribution in [1.82, 2.24) is 0 Å². The Morgan fingerprint density at radius 2 is 1.79 bits per heavy atom. The van der Waals surface area contributed by atoms with Crippen molar-refractivity contribution < 1.29 is 31.4 Å². The summed E-state index contributed by atoms with van der Waals surface area (Å²) < 4.78 is 76.4. The summed E-state index contributed by atoms with van der Waals surface area (Å²) >= 11 is 5.22. The Kier molecular flexibility index (Phi) is 4.92. The van der Waals surface area contributed by atoms with Gasteiger partial charge >= 0.3 is 6.18 Å². The minimum absolute atomic E-state index is 0.169. The second-order valence-corrected chi connectivity index (χ2v) is 3.90. The van der Waals surface area contributed by atoms with Gasteiger partial charge in [0.2, 0.25) is 0 Å². The summed E-state index contributed by atoms with van der Waals surface area (Å²) in [6, 6.07) is 0.169. The summed E-state index contributed by atoms with van der Waals surface area (Å²) in [6.07, 6.45) is -6.49. The number of halogens is 7. The van der Waals surface area contributed by atoms with Crippen molar-refractivity contribution in [2.75, 3.05) is 17.7 Å². The maximum Gasteiger partial charge on any atom is 0.422 e. The van der Waals surface area contributed by atoms with Gasteiger partial charge in [0, 0.05) is 12.6 Å². The molecule has 0 aromatic heterocycles. The Labute approximate surface area is 109 Å². The Hall–Kier alpha value is -1.15. The minimum Gasteiger partial charge on any atom is -0.390 e. The molecule has 9 heteroatoms. The molecule has 0 amide bonds. The first kappa shape index (κ1) is 15.9. The number of rotatable bonds is 4. The number of anilines is 1. The number of alkyl halides is 4. The first-order valence-electron chi connectivity index (χ1n) is 4.91. The average Bonchev–Trinajstić information content (AvgIpc) is 2.29. The summed E-state index contributed by atoms with van der Waals surface area (Å²) in [5.41, 5.74) is -3.12. The van der Waals surface area contributed by atoms with Crippen molar-refractivity contribution in [2.24, 2.45) is 0 Å². The van der Waals surface area contributed by atoms with Crippen LogP contribution in [0, 0.1) is 17.5 Å². The van der Waals surface area contributed by atoms with Crippen LogP contribution in [0.3, 0.4) is 0 Å². The standard InChI is InChI=1S/C10H8ClF6NO/c11-2-4(19)3-18-6-1-5(12)7(10(15,16)17)9(14)8(6)13/h1,4,18-19H,2-3H2. The lowest BCUT2D eigenvalue weighted by molar-refractivity contribution is -0.142. The van der Waals surface area contributed by atoms with Gasteiger partial charge in [-0.2, -0.15) is 13.2 Å². The van der Waals surface area contributed by atoms with Gasteiger partial charge in [0.25, 0.3) is 0 Å². The smallest absolute Gasteiger partial charge is 0.390 e. The molecule has 0 saturated carbocycles. The van der Waals surface area contributed by atoms with E-state index in [2.05, 4.69) is 5.32 Å². The summed E-state index contributed by atoms with van der Waals surface area (Å²) in [7, 11) is 0. The van der Waals surface area contributed by atoms with Crippen LogP contribution >= 0.6 is 11.6 Å². The van der Waals surface area contributed by atoms with Crippen LogP contribution in [0.2, 0.25) is 0 Å². The first-order chi connectivity index (χ1) is 8.68. The van der Waals surface area contributed by atoms with Crippen molar-refractivity contribution in [3.63, 3.8) is 0 Å². The predicted octanol–water partition coefficient (Wildman–Crippen LogP) is 3.13. The third kappa shape index (κ3) is 3.66. The third-order valence-electron chi connectivity index (χ3n) is 2.15. The molecule has 2 nitrogen and oxygen atoms in total. The van der Waals surface area contributed by atoms with E-state index in [1.54, 1.807) is 0 Å². The molecule has 0 radical (unpaired) electrons. The molecule has 1 unspecified atom stereocenters. The zero-order valence-electron chi connectivity index (χ0n) is 9.16. The summed E-state index contributed by atoms with van der Waals surface area (Å²) in [4.78, 5) is 0. The van der Waals surface area contributed by atoms with Crippen LogP contribution < -0.4 is 5.32 Å². The van der Waals surface area contributed by atoms with Gasteiger partial charge in [-0.25, -0.2) is 13.2 Å². The normalized spacial score (nSPS) is 13.5. The molecular weight excluding hydrogens is 300 g/mol. The van der Waals surface area contributed by atoms with Crippen molar-refractivity contribution >= 4 is 17.3 Å². The number of aliphatic hydroxyl groups excluding tert-OH is 1. The highest BCUT2D eigenvalue weighted by molar-refractivity contribution is 6.18. The molecular formula is C10H8ClF6NO. The van der Waals surface area contributed by atoms with Gasteiger partial charge in [0.05, 0.1) is 17.7 Å². The molecule has 0 aliphatic heterocycles. The first-order valence-corrected chi connectivity index (χ1v) is 5.44. The van der Waals surface area contributed by atoms with E-state index in [1.807, 2.05) is 0 Å². The lowest BCUT2D eigenvalue weighted by Crippen LogP contribution is -2.22. The van der Waals surface area contributed by atoms with E-state index >= 15 is 0 Å². The topological polar surface area (TPSA) is 32.3 Å². The molecule has 0 aliphatic carbocycles. The van der Waals surface area contributed by atoms with Gasteiger partial charge in [-0.3, -0.25) is 0 Å². The summed E-state index contributed by atoms with van der Waals surface area (Å²) in [6.45, 7) is -0.370. The second kappa shape index (κ2) is 5.87. The fourth-order valence-corrected chi connectivity index (χ4v) is 1.37. The van der Waals surface area contributed by atoms with Gasteiger partial charge < -0.3 is 10.4 Å². The van der Waals surface area contributed by atoms with Gasteiger partial charge in [-0.15, -0.1) is 11.6 Å². The highest BCUT2D eigenvalue weighted by Gasteiger charge is 2.40. The summed E-state index contributed by atoms with van der Waals surface area (Å²) in [5.74, 6) is -6.40. The van der Waals surface area contributed by atoms with E-state index in [1.165, 1.54) is 0 Å². The quantitative estimate of drug-likeness (QED) is 0.509. The van der Waals surface area contributed by atoms with Gasteiger partial charge in [-0.05, 0) is 0 Å². The summed E-state index contributed by atoms with van der Waals surface area (Å²) in [5, 5.41) is 11.1. The largest absolute Gasteiger partial charge is 0.422 e. The Bertz CT molecular complexity index is 464. The molecule has 108 valence electrons. The van der Waals surface area contributed by atoms with E-state index in [9.17, 15) is 26.3 Å². The van der Waals surface area contributed by atoms with E-state index in [0.29, 0.717) is 0 Å². The Morgan fingerprint density at radius 3 is 2.26 bits per heavy atom. The van der Waals surface area contributed by atoms with Crippen LogP contribution in [0.15, 0.2) is 6.07 Å². The number of aliphatic hydroxyl groups is 1. The van der Waals surface area contributed by atoms with Crippen LogP contribution in [-0.4, -0.2) is 23.6 Å². The van der Waals surface area contributed by atoms with Gasteiger partial charge in [0.15, 0.2) is 11.6 Å². The van der Waals surface area contributed by atoms with Crippen LogP contribution in [0.25, 0.3) is 0 Å². The number of benzene rings is 1.